The highest BCUT2D eigenvalue weighted by Gasteiger charge is 2.24. The summed E-state index contributed by atoms with van der Waals surface area (Å²) in [5.74, 6) is 0.0604. The fourth-order valence-electron chi connectivity index (χ4n) is 3.00. The second-order valence-electron chi connectivity index (χ2n) is 6.05. The molecule has 3 aromatic rings. The number of nitrogens with zero attached hydrogens (tertiary/aromatic N) is 4. The van der Waals surface area contributed by atoms with E-state index in [1.807, 2.05) is 24.0 Å². The van der Waals surface area contributed by atoms with Crippen LogP contribution in [0.5, 0.6) is 0 Å². The normalized spacial score (nSPS) is 15.0. The number of fused-ring (bicyclic) bond motifs is 1. The number of carbonyl (C=O) groups is 1. The predicted octanol–water partition coefficient (Wildman–Crippen LogP) is 3.62. The fourth-order valence-corrected chi connectivity index (χ4v) is 4.37. The Morgan fingerprint density at radius 1 is 1.12 bits per heavy atom. The number of anilines is 1. The lowest BCUT2D eigenvalue weighted by molar-refractivity contribution is 0.0746. The number of halogens is 1. The van der Waals surface area contributed by atoms with Gasteiger partial charge >= 0.3 is 0 Å². The van der Waals surface area contributed by atoms with E-state index in [0.29, 0.717) is 18.7 Å². The highest BCUT2D eigenvalue weighted by Crippen LogP contribution is 2.35. The van der Waals surface area contributed by atoms with E-state index in [4.69, 9.17) is 16.6 Å². The number of rotatable bonds is 2. The van der Waals surface area contributed by atoms with E-state index in [-0.39, 0.29) is 5.91 Å². The van der Waals surface area contributed by atoms with Crippen molar-refractivity contribution in [3.63, 3.8) is 0 Å². The molecular formula is C18H17ClN4OS. The third-order valence-electron chi connectivity index (χ3n) is 4.45. The van der Waals surface area contributed by atoms with E-state index < -0.39 is 0 Å². The van der Waals surface area contributed by atoms with Crippen molar-refractivity contribution in [2.24, 2.45) is 0 Å². The van der Waals surface area contributed by atoms with Gasteiger partial charge in [-0.1, -0.05) is 29.0 Å². The van der Waals surface area contributed by atoms with Crippen LogP contribution in [0.3, 0.4) is 0 Å². The molecule has 1 amide bonds. The smallest absolute Gasteiger partial charge is 0.254 e. The number of aryl methyl sites for hydroxylation is 1. The van der Waals surface area contributed by atoms with Crippen LogP contribution in [0.4, 0.5) is 5.13 Å². The number of hydrogen-bond acceptors (Lipinski definition) is 5. The number of aromatic nitrogens is 2. The van der Waals surface area contributed by atoms with Crippen LogP contribution in [0.25, 0.3) is 10.2 Å². The topological polar surface area (TPSA) is 49.3 Å². The zero-order valence-corrected chi connectivity index (χ0v) is 15.3. The molecule has 0 unspecified atom stereocenters. The average molecular weight is 373 g/mol. The molecule has 7 heteroatoms. The quantitative estimate of drug-likeness (QED) is 0.689. The molecule has 0 N–H and O–H groups in total. The van der Waals surface area contributed by atoms with Crippen LogP contribution in [-0.4, -0.2) is 47.0 Å². The molecule has 128 valence electrons. The molecular weight excluding hydrogens is 356 g/mol. The van der Waals surface area contributed by atoms with Crippen LogP contribution in [0.2, 0.25) is 5.02 Å². The first kappa shape index (κ1) is 16.3. The Kier molecular flexibility index (Phi) is 4.31. The van der Waals surface area contributed by atoms with Gasteiger partial charge in [0.1, 0.15) is 0 Å². The molecule has 0 aliphatic carbocycles. The molecule has 1 aromatic carbocycles. The van der Waals surface area contributed by atoms with Crippen molar-refractivity contribution in [2.45, 2.75) is 6.92 Å². The zero-order valence-electron chi connectivity index (χ0n) is 13.8. The molecule has 0 saturated carbocycles. The summed E-state index contributed by atoms with van der Waals surface area (Å²) in [6, 6.07) is 7.44. The number of amides is 1. The van der Waals surface area contributed by atoms with Crippen molar-refractivity contribution in [2.75, 3.05) is 31.1 Å². The van der Waals surface area contributed by atoms with Crippen LogP contribution in [0.15, 0.2) is 36.7 Å². The lowest BCUT2D eigenvalue weighted by Crippen LogP contribution is -2.48. The third-order valence-corrected chi connectivity index (χ3v) is 6.03. The predicted molar refractivity (Wildman–Crippen MR) is 102 cm³/mol. The summed E-state index contributed by atoms with van der Waals surface area (Å²) >= 11 is 7.93. The Labute approximate surface area is 154 Å². The summed E-state index contributed by atoms with van der Waals surface area (Å²) in [4.78, 5) is 25.4. The molecule has 1 saturated heterocycles. The summed E-state index contributed by atoms with van der Waals surface area (Å²) in [7, 11) is 0. The number of thiazole rings is 1. The van der Waals surface area contributed by atoms with Crippen molar-refractivity contribution < 1.29 is 4.79 Å². The van der Waals surface area contributed by atoms with E-state index in [1.165, 1.54) is 0 Å². The summed E-state index contributed by atoms with van der Waals surface area (Å²) in [5, 5.41) is 1.72. The van der Waals surface area contributed by atoms with Gasteiger partial charge in [0.05, 0.1) is 15.2 Å². The molecule has 2 aromatic heterocycles. The van der Waals surface area contributed by atoms with Crippen LogP contribution in [0.1, 0.15) is 15.9 Å². The SMILES string of the molecule is Cc1ccc(Cl)c2sc(N3CCN(C(=O)c4ccncc4)CC3)nc12. The molecule has 5 nitrogen and oxygen atoms in total. The van der Waals surface area contributed by atoms with Crippen LogP contribution < -0.4 is 4.90 Å². The van der Waals surface area contributed by atoms with E-state index in [2.05, 4.69) is 9.88 Å². The lowest BCUT2D eigenvalue weighted by atomic mass is 10.2. The van der Waals surface area contributed by atoms with Crippen LogP contribution in [-0.2, 0) is 0 Å². The molecule has 0 spiro atoms. The van der Waals surface area contributed by atoms with Crippen molar-refractivity contribution in [1.82, 2.24) is 14.9 Å². The Morgan fingerprint density at radius 3 is 2.52 bits per heavy atom. The van der Waals surface area contributed by atoms with Gasteiger partial charge in [0.15, 0.2) is 5.13 Å². The summed E-state index contributed by atoms with van der Waals surface area (Å²) in [6.45, 7) is 4.96. The molecule has 1 aliphatic rings. The van der Waals surface area contributed by atoms with E-state index >= 15 is 0 Å². The van der Waals surface area contributed by atoms with Gasteiger partial charge in [0.25, 0.3) is 5.91 Å². The number of benzene rings is 1. The number of piperazine rings is 1. The highest BCUT2D eigenvalue weighted by atomic mass is 35.5. The van der Waals surface area contributed by atoms with Gasteiger partial charge in [-0.05, 0) is 30.7 Å². The maximum Gasteiger partial charge on any atom is 0.254 e. The Bertz CT molecular complexity index is 880. The van der Waals surface area contributed by atoms with Crippen molar-refractivity contribution in [1.29, 1.82) is 0 Å². The molecule has 1 fully saturated rings. The van der Waals surface area contributed by atoms with Crippen LogP contribution in [0, 0.1) is 6.92 Å². The summed E-state index contributed by atoms with van der Waals surface area (Å²) in [5.41, 5.74) is 2.79. The first-order chi connectivity index (χ1) is 12.1. The number of pyridine rings is 1. The molecule has 25 heavy (non-hydrogen) atoms. The number of hydrogen-bond donors (Lipinski definition) is 0. The van der Waals surface area contributed by atoms with Gasteiger partial charge in [0.2, 0.25) is 0 Å². The molecule has 0 atom stereocenters. The minimum atomic E-state index is 0.0604. The van der Waals surface area contributed by atoms with Gasteiger partial charge in [-0.25, -0.2) is 4.98 Å². The van der Waals surface area contributed by atoms with Crippen molar-refractivity contribution in [3.8, 4) is 0 Å². The molecule has 1 aliphatic heterocycles. The average Bonchev–Trinajstić information content (AvgIpc) is 3.12. The minimum Gasteiger partial charge on any atom is -0.345 e. The van der Waals surface area contributed by atoms with Gasteiger partial charge in [-0.2, -0.15) is 0 Å². The lowest BCUT2D eigenvalue weighted by Gasteiger charge is -2.34. The van der Waals surface area contributed by atoms with E-state index in [1.54, 1.807) is 35.9 Å². The summed E-state index contributed by atoms with van der Waals surface area (Å²) in [6.07, 6.45) is 3.30. The second-order valence-corrected chi connectivity index (χ2v) is 7.44. The maximum atomic E-state index is 12.5. The van der Waals surface area contributed by atoms with Crippen molar-refractivity contribution in [3.05, 3.63) is 52.8 Å². The first-order valence-corrected chi connectivity index (χ1v) is 9.33. The Morgan fingerprint density at radius 2 is 1.84 bits per heavy atom. The third kappa shape index (κ3) is 3.07. The molecule has 0 bridgehead atoms. The first-order valence-electron chi connectivity index (χ1n) is 8.13. The summed E-state index contributed by atoms with van der Waals surface area (Å²) < 4.78 is 1.03. The number of carbonyl (C=O) groups excluding carboxylic acids is 1. The standard InChI is InChI=1S/C18H17ClN4OS/c1-12-2-3-14(19)16-15(12)21-18(25-16)23-10-8-22(9-11-23)17(24)13-4-6-20-7-5-13/h2-7H,8-11H2,1H3. The van der Waals surface area contributed by atoms with Gasteiger partial charge in [-0.15, -0.1) is 0 Å². The van der Waals surface area contributed by atoms with Gasteiger partial charge in [0, 0.05) is 44.1 Å². The monoisotopic (exact) mass is 372 g/mol. The van der Waals surface area contributed by atoms with E-state index in [9.17, 15) is 4.79 Å². The van der Waals surface area contributed by atoms with Gasteiger partial charge < -0.3 is 9.80 Å². The highest BCUT2D eigenvalue weighted by molar-refractivity contribution is 7.22. The van der Waals surface area contributed by atoms with Crippen LogP contribution >= 0.6 is 22.9 Å². The minimum absolute atomic E-state index is 0.0604. The van der Waals surface area contributed by atoms with Crippen molar-refractivity contribution >= 4 is 44.2 Å². The molecule has 4 rings (SSSR count). The molecule has 3 heterocycles. The largest absolute Gasteiger partial charge is 0.345 e. The maximum absolute atomic E-state index is 12.5. The second kappa shape index (κ2) is 6.61. The fraction of sp³-hybridized carbons (Fsp3) is 0.278. The Hall–Kier alpha value is -2.18. The Balaban J connectivity index is 1.50. The molecule has 0 radical (unpaired) electrons. The van der Waals surface area contributed by atoms with Gasteiger partial charge in [-0.3, -0.25) is 9.78 Å². The zero-order chi connectivity index (χ0) is 17.4. The van der Waals surface area contributed by atoms with E-state index in [0.717, 1.165) is 39.0 Å².